The fourth-order valence-corrected chi connectivity index (χ4v) is 5.22. The van der Waals surface area contributed by atoms with E-state index in [4.69, 9.17) is 5.73 Å². The summed E-state index contributed by atoms with van der Waals surface area (Å²) in [4.78, 5) is 47.1. The molecule has 0 spiro atoms. The zero-order valence-corrected chi connectivity index (χ0v) is 24.2. The Labute approximate surface area is 232 Å². The number of aliphatic imine (C=N–C) groups is 1. The fraction of sp³-hybridized carbons (Fsp3) is 0.484. The van der Waals surface area contributed by atoms with Gasteiger partial charge in [0.15, 0.2) is 5.96 Å². The second-order valence-electron chi connectivity index (χ2n) is 11.1. The van der Waals surface area contributed by atoms with Gasteiger partial charge in [-0.25, -0.2) is 4.99 Å². The molecule has 1 heterocycles. The molecule has 2 aromatic carbocycles. The van der Waals surface area contributed by atoms with Crippen molar-refractivity contribution in [3.05, 3.63) is 70.3 Å². The number of carbonyl (C=O) groups excluding carboxylic acids is 3. The molecule has 0 aromatic heterocycles. The van der Waals surface area contributed by atoms with Gasteiger partial charge >= 0.3 is 0 Å². The average Bonchev–Trinajstić information content (AvgIpc) is 3.08. The minimum atomic E-state index is -0.831. The smallest absolute Gasteiger partial charge is 0.257 e. The summed E-state index contributed by atoms with van der Waals surface area (Å²) in [5, 5.41) is 2.97. The van der Waals surface area contributed by atoms with E-state index in [9.17, 15) is 14.4 Å². The van der Waals surface area contributed by atoms with Crippen molar-refractivity contribution in [3.63, 3.8) is 0 Å². The summed E-state index contributed by atoms with van der Waals surface area (Å²) in [6.45, 7) is 14.0. The summed E-state index contributed by atoms with van der Waals surface area (Å²) in [6.07, 6.45) is 2.40. The van der Waals surface area contributed by atoms with E-state index in [0.29, 0.717) is 49.6 Å². The van der Waals surface area contributed by atoms with Gasteiger partial charge in [0.25, 0.3) is 17.7 Å². The first kappa shape index (κ1) is 29.9. The van der Waals surface area contributed by atoms with Crippen molar-refractivity contribution < 1.29 is 14.4 Å². The molecular formula is C31H43N5O3. The van der Waals surface area contributed by atoms with Crippen molar-refractivity contribution in [2.24, 2.45) is 16.6 Å². The van der Waals surface area contributed by atoms with Crippen molar-refractivity contribution in [1.82, 2.24) is 15.1 Å². The first-order valence-corrected chi connectivity index (χ1v) is 13.9. The predicted molar refractivity (Wildman–Crippen MR) is 155 cm³/mol. The van der Waals surface area contributed by atoms with E-state index in [1.807, 2.05) is 49.1 Å². The highest BCUT2D eigenvalue weighted by molar-refractivity contribution is 6.06. The van der Waals surface area contributed by atoms with Gasteiger partial charge in [-0.3, -0.25) is 19.3 Å². The van der Waals surface area contributed by atoms with Gasteiger partial charge in [-0.2, -0.15) is 0 Å². The summed E-state index contributed by atoms with van der Waals surface area (Å²) in [5.74, 6) is 0.174. The van der Waals surface area contributed by atoms with E-state index in [-0.39, 0.29) is 23.7 Å². The van der Waals surface area contributed by atoms with Crippen LogP contribution < -0.4 is 11.1 Å². The van der Waals surface area contributed by atoms with Crippen LogP contribution in [-0.2, 0) is 17.9 Å². The first-order valence-electron chi connectivity index (χ1n) is 13.9. The second kappa shape index (κ2) is 12.9. The van der Waals surface area contributed by atoms with Gasteiger partial charge in [-0.05, 0) is 73.9 Å². The Kier molecular flexibility index (Phi) is 9.89. The molecule has 0 fully saturated rings. The van der Waals surface area contributed by atoms with Crippen molar-refractivity contribution in [3.8, 4) is 0 Å². The van der Waals surface area contributed by atoms with Gasteiger partial charge in [-0.15, -0.1) is 0 Å². The minimum absolute atomic E-state index is 0.0482. The standard InChI is InChI=1S/C31H43N5O3/c1-7-12-35(13-8-2)28(38)26-15-22(5)14-25(17-26)27(37)33-19-23-10-9-11-24(16-23)20-36-29(39)31(6,18-21(3)4)34-30(36)32/h9-11,14-17,21H,7-8,12-13,18-20H2,1-6H3,(H2,32,34)(H,33,37). The highest BCUT2D eigenvalue weighted by atomic mass is 16.2. The van der Waals surface area contributed by atoms with Crippen LogP contribution in [0.2, 0.25) is 0 Å². The molecule has 0 saturated heterocycles. The van der Waals surface area contributed by atoms with Gasteiger partial charge in [0.2, 0.25) is 0 Å². The van der Waals surface area contributed by atoms with Gasteiger partial charge in [-0.1, -0.05) is 52.0 Å². The lowest BCUT2D eigenvalue weighted by molar-refractivity contribution is -0.131. The van der Waals surface area contributed by atoms with E-state index in [1.54, 1.807) is 12.1 Å². The average molecular weight is 534 g/mol. The molecular weight excluding hydrogens is 490 g/mol. The zero-order chi connectivity index (χ0) is 28.7. The van der Waals surface area contributed by atoms with Crippen LogP contribution in [0.15, 0.2) is 47.5 Å². The number of nitrogens with two attached hydrogens (primary N) is 1. The van der Waals surface area contributed by atoms with Crippen molar-refractivity contribution in [2.75, 3.05) is 13.1 Å². The molecule has 210 valence electrons. The number of benzene rings is 2. The Balaban J connectivity index is 1.68. The molecule has 2 aromatic rings. The van der Waals surface area contributed by atoms with E-state index in [0.717, 1.165) is 29.5 Å². The normalized spacial score (nSPS) is 16.9. The lowest BCUT2D eigenvalue weighted by Crippen LogP contribution is -2.43. The quantitative estimate of drug-likeness (QED) is 0.414. The topological polar surface area (TPSA) is 108 Å². The molecule has 1 aliphatic heterocycles. The van der Waals surface area contributed by atoms with Crippen LogP contribution in [-0.4, -0.2) is 52.1 Å². The Hall–Kier alpha value is -3.68. The van der Waals surface area contributed by atoms with E-state index >= 15 is 0 Å². The Morgan fingerprint density at radius 1 is 1.05 bits per heavy atom. The Morgan fingerprint density at radius 3 is 2.33 bits per heavy atom. The van der Waals surface area contributed by atoms with Crippen LogP contribution >= 0.6 is 0 Å². The molecule has 0 aliphatic carbocycles. The number of carbonyl (C=O) groups is 3. The maximum atomic E-state index is 13.1. The van der Waals surface area contributed by atoms with Crippen LogP contribution in [0.1, 0.15) is 91.3 Å². The maximum absolute atomic E-state index is 13.1. The van der Waals surface area contributed by atoms with Crippen LogP contribution in [0.5, 0.6) is 0 Å². The third-order valence-corrected chi connectivity index (χ3v) is 6.80. The summed E-state index contributed by atoms with van der Waals surface area (Å²) < 4.78 is 0. The Morgan fingerprint density at radius 2 is 1.69 bits per heavy atom. The van der Waals surface area contributed by atoms with Gasteiger partial charge in [0.05, 0.1) is 6.54 Å². The Bertz CT molecular complexity index is 1230. The fourth-order valence-electron chi connectivity index (χ4n) is 5.22. The summed E-state index contributed by atoms with van der Waals surface area (Å²) in [6, 6.07) is 13.0. The summed E-state index contributed by atoms with van der Waals surface area (Å²) >= 11 is 0. The van der Waals surface area contributed by atoms with Crippen molar-refractivity contribution in [1.29, 1.82) is 0 Å². The zero-order valence-electron chi connectivity index (χ0n) is 24.2. The largest absolute Gasteiger partial charge is 0.369 e. The number of aryl methyl sites for hydroxylation is 1. The van der Waals surface area contributed by atoms with E-state index < -0.39 is 5.54 Å². The van der Waals surface area contributed by atoms with E-state index in [1.165, 1.54) is 4.90 Å². The molecule has 1 aliphatic rings. The number of guanidine groups is 1. The lowest BCUT2D eigenvalue weighted by Gasteiger charge is -2.23. The molecule has 3 N–H and O–H groups in total. The first-order chi connectivity index (χ1) is 18.5. The molecule has 39 heavy (non-hydrogen) atoms. The number of hydrogen-bond donors (Lipinski definition) is 2. The molecule has 3 rings (SSSR count). The monoisotopic (exact) mass is 533 g/mol. The lowest BCUT2D eigenvalue weighted by atomic mass is 9.91. The highest BCUT2D eigenvalue weighted by Crippen LogP contribution is 2.29. The number of amides is 3. The number of nitrogens with one attached hydrogen (secondary N) is 1. The predicted octanol–water partition coefficient (Wildman–Crippen LogP) is 4.65. The minimum Gasteiger partial charge on any atom is -0.369 e. The molecule has 8 nitrogen and oxygen atoms in total. The van der Waals surface area contributed by atoms with Crippen LogP contribution in [0.25, 0.3) is 0 Å². The van der Waals surface area contributed by atoms with Crippen LogP contribution in [0.3, 0.4) is 0 Å². The molecule has 1 atom stereocenters. The number of nitrogens with zero attached hydrogens (tertiary/aromatic N) is 3. The van der Waals surface area contributed by atoms with Crippen LogP contribution in [0, 0.1) is 12.8 Å². The third kappa shape index (κ3) is 7.46. The molecule has 0 bridgehead atoms. The second-order valence-corrected chi connectivity index (χ2v) is 11.1. The SMILES string of the molecule is CCCN(CCC)C(=O)c1cc(C)cc(C(=O)NCc2cccc(CN3C(=O)C(C)(CC(C)C)N=C3N)c2)c1. The number of rotatable bonds is 12. The van der Waals surface area contributed by atoms with Gasteiger partial charge in [0.1, 0.15) is 5.54 Å². The molecule has 3 amide bonds. The van der Waals surface area contributed by atoms with Gasteiger partial charge < -0.3 is 16.0 Å². The van der Waals surface area contributed by atoms with Crippen LogP contribution in [0.4, 0.5) is 0 Å². The summed E-state index contributed by atoms with van der Waals surface area (Å²) in [5.41, 5.74) is 8.95. The highest BCUT2D eigenvalue weighted by Gasteiger charge is 2.44. The maximum Gasteiger partial charge on any atom is 0.257 e. The van der Waals surface area contributed by atoms with E-state index in [2.05, 4.69) is 38.0 Å². The van der Waals surface area contributed by atoms with Crippen molar-refractivity contribution in [2.45, 2.75) is 79.4 Å². The summed E-state index contributed by atoms with van der Waals surface area (Å²) in [7, 11) is 0. The van der Waals surface area contributed by atoms with Gasteiger partial charge in [0, 0.05) is 30.8 Å². The number of hydrogen-bond acceptors (Lipinski definition) is 5. The third-order valence-electron chi connectivity index (χ3n) is 6.80. The molecule has 0 saturated carbocycles. The van der Waals surface area contributed by atoms with Crippen molar-refractivity contribution >= 4 is 23.7 Å². The molecule has 1 unspecified atom stereocenters. The molecule has 0 radical (unpaired) electrons. The molecule has 8 heteroatoms.